The molecule has 0 unspecified atom stereocenters. The second-order valence-corrected chi connectivity index (χ2v) is 10.6. The number of carbonyl (C=O) groups excluding carboxylic acids is 1. The first-order chi connectivity index (χ1) is 18.0. The van der Waals surface area contributed by atoms with Crippen LogP contribution < -0.4 is 10.1 Å². The number of aryl methyl sites for hydroxylation is 2. The molecule has 0 fully saturated rings. The Hall–Kier alpha value is -3.12. The average Bonchev–Trinajstić information content (AvgIpc) is 3.26. The Labute approximate surface area is 228 Å². The van der Waals surface area contributed by atoms with E-state index in [0.29, 0.717) is 24.6 Å². The molecule has 1 heterocycles. The fraction of sp³-hybridized carbons (Fsp3) is 0.355. The van der Waals surface area contributed by atoms with Crippen molar-refractivity contribution in [2.45, 2.75) is 58.4 Å². The highest BCUT2D eigenvalue weighted by Crippen LogP contribution is 2.20. The molecule has 1 amide bonds. The van der Waals surface area contributed by atoms with E-state index in [1.807, 2.05) is 30.3 Å². The number of imidazole rings is 1. The smallest absolute Gasteiger partial charge is 0.251 e. The monoisotopic (exact) mass is 561 g/mol. The van der Waals surface area contributed by atoms with Gasteiger partial charge >= 0.3 is 0 Å². The first-order valence-corrected chi connectivity index (χ1v) is 14.0. The van der Waals surface area contributed by atoms with E-state index in [1.165, 1.54) is 11.1 Å². The highest BCUT2D eigenvalue weighted by Gasteiger charge is 2.11. The Kier molecular flexibility index (Phi) is 9.78. The van der Waals surface area contributed by atoms with Crippen LogP contribution in [-0.4, -0.2) is 28.6 Å². The number of benzene rings is 3. The van der Waals surface area contributed by atoms with Gasteiger partial charge in [-0.25, -0.2) is 4.98 Å². The molecule has 4 aromatic rings. The normalized spacial score (nSPS) is 11.2. The summed E-state index contributed by atoms with van der Waals surface area (Å²) in [5.41, 5.74) is 4.23. The molecule has 0 radical (unpaired) electrons. The van der Waals surface area contributed by atoms with Crippen LogP contribution in [0.2, 0.25) is 0 Å². The Bertz CT molecular complexity index is 1300. The number of rotatable bonds is 13. The van der Waals surface area contributed by atoms with Gasteiger partial charge in [-0.1, -0.05) is 66.5 Å². The van der Waals surface area contributed by atoms with E-state index in [9.17, 15) is 4.79 Å². The number of halogens is 1. The van der Waals surface area contributed by atoms with Crippen molar-refractivity contribution in [3.05, 3.63) is 94.2 Å². The Balaban J connectivity index is 1.24. The van der Waals surface area contributed by atoms with E-state index in [1.54, 1.807) is 0 Å². The van der Waals surface area contributed by atoms with Crippen LogP contribution in [0.4, 0.5) is 0 Å². The number of para-hydroxylation sites is 2. The van der Waals surface area contributed by atoms with Gasteiger partial charge in [0.1, 0.15) is 11.6 Å². The summed E-state index contributed by atoms with van der Waals surface area (Å²) in [6.45, 7) is 6.63. The lowest BCUT2D eigenvalue weighted by atomic mass is 10.0. The summed E-state index contributed by atoms with van der Waals surface area (Å²) in [6.07, 6.45) is 4.86. The van der Waals surface area contributed by atoms with Gasteiger partial charge in [-0.05, 0) is 73.2 Å². The lowest BCUT2D eigenvalue weighted by molar-refractivity contribution is 0.0953. The number of hydrogen-bond donors (Lipinski definition) is 1. The molecule has 0 bridgehead atoms. The van der Waals surface area contributed by atoms with Crippen molar-refractivity contribution in [2.24, 2.45) is 0 Å². The van der Waals surface area contributed by atoms with Gasteiger partial charge in [0.2, 0.25) is 0 Å². The molecule has 1 N–H and O–H groups in total. The maximum Gasteiger partial charge on any atom is 0.251 e. The molecule has 0 saturated heterocycles. The number of unbranched alkanes of at least 4 members (excludes halogenated alkanes) is 2. The van der Waals surface area contributed by atoms with Gasteiger partial charge < -0.3 is 14.6 Å². The topological polar surface area (TPSA) is 56.1 Å². The standard InChI is InChI=1S/C31H36BrN3O2/c1-23(2)24-15-17-27(18-16-24)37-21-9-20-35-29-13-6-5-12-28(29)34-30(35)14-4-3-7-19-33-31(36)25-10-8-11-26(32)22-25/h5-6,8,10-13,15-18,22-23H,3-4,7,9,14,19-21H2,1-2H3,(H,33,36). The average molecular weight is 563 g/mol. The molecule has 194 valence electrons. The summed E-state index contributed by atoms with van der Waals surface area (Å²) in [5, 5.41) is 3.02. The second-order valence-electron chi connectivity index (χ2n) is 9.67. The molecular weight excluding hydrogens is 526 g/mol. The van der Waals surface area contributed by atoms with E-state index in [2.05, 4.69) is 82.1 Å². The number of carbonyl (C=O) groups is 1. The molecule has 0 aliphatic carbocycles. The third kappa shape index (κ3) is 7.68. The van der Waals surface area contributed by atoms with Crippen LogP contribution in [0.15, 0.2) is 77.3 Å². The van der Waals surface area contributed by atoms with Crippen molar-refractivity contribution in [3.63, 3.8) is 0 Å². The number of nitrogens with zero attached hydrogens (tertiary/aromatic N) is 2. The number of fused-ring (bicyclic) bond motifs is 1. The zero-order chi connectivity index (χ0) is 26.0. The van der Waals surface area contributed by atoms with Gasteiger partial charge in [0, 0.05) is 29.5 Å². The van der Waals surface area contributed by atoms with Crippen LogP contribution in [-0.2, 0) is 13.0 Å². The summed E-state index contributed by atoms with van der Waals surface area (Å²) >= 11 is 3.42. The molecular formula is C31H36BrN3O2. The quantitative estimate of drug-likeness (QED) is 0.171. The SMILES string of the molecule is CC(C)c1ccc(OCCCn2c(CCCCCNC(=O)c3cccc(Br)c3)nc3ccccc32)cc1. The fourth-order valence-electron chi connectivity index (χ4n) is 4.45. The van der Waals surface area contributed by atoms with E-state index < -0.39 is 0 Å². The van der Waals surface area contributed by atoms with Gasteiger partial charge in [-0.2, -0.15) is 0 Å². The lowest BCUT2D eigenvalue weighted by Crippen LogP contribution is -2.24. The van der Waals surface area contributed by atoms with Crippen LogP contribution in [0, 0.1) is 0 Å². The number of nitrogens with one attached hydrogen (secondary N) is 1. The minimum atomic E-state index is -0.0267. The van der Waals surface area contributed by atoms with Gasteiger partial charge in [-0.3, -0.25) is 4.79 Å². The number of ether oxygens (including phenoxy) is 1. The zero-order valence-corrected chi connectivity index (χ0v) is 23.3. The molecule has 0 saturated carbocycles. The second kappa shape index (κ2) is 13.4. The number of hydrogen-bond acceptors (Lipinski definition) is 3. The van der Waals surface area contributed by atoms with Crippen molar-refractivity contribution in [1.29, 1.82) is 0 Å². The molecule has 6 heteroatoms. The lowest BCUT2D eigenvalue weighted by Gasteiger charge is -2.11. The summed E-state index contributed by atoms with van der Waals surface area (Å²) in [7, 11) is 0. The van der Waals surface area contributed by atoms with Crippen LogP contribution in [0.3, 0.4) is 0 Å². The van der Waals surface area contributed by atoms with Crippen molar-refractivity contribution >= 4 is 32.9 Å². The van der Waals surface area contributed by atoms with Crippen molar-refractivity contribution < 1.29 is 9.53 Å². The fourth-order valence-corrected chi connectivity index (χ4v) is 4.85. The predicted octanol–water partition coefficient (Wildman–Crippen LogP) is 7.53. The van der Waals surface area contributed by atoms with Gasteiger partial charge in [0.25, 0.3) is 5.91 Å². The first-order valence-electron chi connectivity index (χ1n) is 13.2. The van der Waals surface area contributed by atoms with Crippen LogP contribution in [0.1, 0.15) is 67.2 Å². The van der Waals surface area contributed by atoms with Crippen LogP contribution in [0.25, 0.3) is 11.0 Å². The van der Waals surface area contributed by atoms with E-state index in [4.69, 9.17) is 9.72 Å². The Morgan fingerprint density at radius 3 is 2.57 bits per heavy atom. The molecule has 3 aromatic carbocycles. The molecule has 0 aliphatic rings. The summed E-state index contributed by atoms with van der Waals surface area (Å²) in [4.78, 5) is 17.2. The number of amides is 1. The van der Waals surface area contributed by atoms with Crippen molar-refractivity contribution in [2.75, 3.05) is 13.2 Å². The summed E-state index contributed by atoms with van der Waals surface area (Å²) in [5.74, 6) is 2.55. The van der Waals surface area contributed by atoms with Gasteiger partial charge in [-0.15, -0.1) is 0 Å². The van der Waals surface area contributed by atoms with Gasteiger partial charge in [0.15, 0.2) is 0 Å². The molecule has 5 nitrogen and oxygen atoms in total. The maximum absolute atomic E-state index is 12.3. The Morgan fingerprint density at radius 1 is 0.973 bits per heavy atom. The number of aromatic nitrogens is 2. The molecule has 0 spiro atoms. The minimum Gasteiger partial charge on any atom is -0.494 e. The highest BCUT2D eigenvalue weighted by atomic mass is 79.9. The molecule has 1 aromatic heterocycles. The van der Waals surface area contributed by atoms with E-state index >= 15 is 0 Å². The van der Waals surface area contributed by atoms with Crippen molar-refractivity contribution in [1.82, 2.24) is 14.9 Å². The third-order valence-electron chi connectivity index (χ3n) is 6.52. The Morgan fingerprint density at radius 2 is 1.78 bits per heavy atom. The predicted molar refractivity (Wildman–Crippen MR) is 154 cm³/mol. The van der Waals surface area contributed by atoms with E-state index in [0.717, 1.165) is 60.2 Å². The summed E-state index contributed by atoms with van der Waals surface area (Å²) < 4.78 is 9.26. The molecule has 0 aliphatic heterocycles. The molecule has 37 heavy (non-hydrogen) atoms. The largest absolute Gasteiger partial charge is 0.494 e. The zero-order valence-electron chi connectivity index (χ0n) is 21.8. The van der Waals surface area contributed by atoms with E-state index in [-0.39, 0.29) is 5.91 Å². The molecule has 0 atom stereocenters. The highest BCUT2D eigenvalue weighted by molar-refractivity contribution is 9.10. The first kappa shape index (κ1) is 26.9. The maximum atomic E-state index is 12.3. The van der Waals surface area contributed by atoms with Crippen LogP contribution in [0.5, 0.6) is 5.75 Å². The summed E-state index contributed by atoms with van der Waals surface area (Å²) in [6, 6.07) is 24.2. The van der Waals surface area contributed by atoms with Crippen molar-refractivity contribution in [3.8, 4) is 5.75 Å². The third-order valence-corrected chi connectivity index (χ3v) is 7.02. The van der Waals surface area contributed by atoms with Crippen LogP contribution >= 0.6 is 15.9 Å². The molecule has 4 rings (SSSR count). The minimum absolute atomic E-state index is 0.0267. The van der Waals surface area contributed by atoms with Gasteiger partial charge in [0.05, 0.1) is 17.6 Å².